The lowest BCUT2D eigenvalue weighted by atomic mass is 10.1. The molecule has 1 unspecified atom stereocenters. The molecule has 4 nitrogen and oxygen atoms in total. The Kier molecular flexibility index (Phi) is 5.99. The van der Waals surface area contributed by atoms with Crippen LogP contribution in [0, 0.1) is 5.41 Å². The number of nitrogen functional groups attached to an aromatic ring is 1. The van der Waals surface area contributed by atoms with Crippen molar-refractivity contribution in [3.05, 3.63) is 35.4 Å². The highest BCUT2D eigenvalue weighted by Crippen LogP contribution is 2.13. The number of nitrogens with one attached hydrogen (secondary N) is 1. The number of benzene rings is 1. The first-order valence-electron chi connectivity index (χ1n) is 6.76. The largest absolute Gasteiger partial charge is 0.384 e. The normalized spacial score (nSPS) is 12.9. The first-order chi connectivity index (χ1) is 8.95. The molecule has 0 saturated carbocycles. The van der Waals surface area contributed by atoms with Gasteiger partial charge in [-0.3, -0.25) is 10.3 Å². The third kappa shape index (κ3) is 4.65. The number of amidine groups is 1. The van der Waals surface area contributed by atoms with Gasteiger partial charge in [-0.2, -0.15) is 0 Å². The van der Waals surface area contributed by atoms with Crippen LogP contribution in [-0.2, 0) is 6.54 Å². The van der Waals surface area contributed by atoms with Gasteiger partial charge < -0.3 is 10.6 Å². The predicted octanol–water partition coefficient (Wildman–Crippen LogP) is 1.74. The van der Waals surface area contributed by atoms with Gasteiger partial charge in [0.15, 0.2) is 0 Å². The number of nitrogens with zero attached hydrogens (tertiary/aromatic N) is 2. The second-order valence-electron chi connectivity index (χ2n) is 5.25. The Labute approximate surface area is 116 Å². The van der Waals surface area contributed by atoms with Crippen molar-refractivity contribution in [2.24, 2.45) is 5.73 Å². The molecule has 0 saturated heterocycles. The molecule has 3 N–H and O–H groups in total. The molecule has 0 radical (unpaired) electrons. The van der Waals surface area contributed by atoms with Crippen LogP contribution in [0.25, 0.3) is 0 Å². The molecule has 0 aliphatic carbocycles. The van der Waals surface area contributed by atoms with Crippen LogP contribution in [0.5, 0.6) is 0 Å². The van der Waals surface area contributed by atoms with Crippen LogP contribution in [0.3, 0.4) is 0 Å². The van der Waals surface area contributed by atoms with Crippen LogP contribution in [-0.4, -0.2) is 48.9 Å². The first-order valence-corrected chi connectivity index (χ1v) is 6.76. The third-order valence-corrected chi connectivity index (χ3v) is 3.34. The predicted molar refractivity (Wildman–Crippen MR) is 81.6 cm³/mol. The lowest BCUT2D eigenvalue weighted by Crippen LogP contribution is -2.39. The Morgan fingerprint density at radius 1 is 1.32 bits per heavy atom. The van der Waals surface area contributed by atoms with E-state index in [1.807, 2.05) is 18.2 Å². The van der Waals surface area contributed by atoms with Crippen molar-refractivity contribution in [1.29, 1.82) is 5.41 Å². The Bertz CT molecular complexity index is 414. The highest BCUT2D eigenvalue weighted by Gasteiger charge is 2.15. The van der Waals surface area contributed by atoms with Gasteiger partial charge >= 0.3 is 0 Å². The van der Waals surface area contributed by atoms with Gasteiger partial charge in [0.2, 0.25) is 0 Å². The molecule has 0 aliphatic heterocycles. The van der Waals surface area contributed by atoms with Crippen molar-refractivity contribution in [3.63, 3.8) is 0 Å². The average Bonchev–Trinajstić information content (AvgIpc) is 2.35. The van der Waals surface area contributed by atoms with Crippen molar-refractivity contribution < 1.29 is 0 Å². The van der Waals surface area contributed by atoms with Gasteiger partial charge in [-0.25, -0.2) is 0 Å². The van der Waals surface area contributed by atoms with Crippen LogP contribution >= 0.6 is 0 Å². The highest BCUT2D eigenvalue weighted by atomic mass is 15.2. The van der Waals surface area contributed by atoms with E-state index < -0.39 is 0 Å². The maximum Gasteiger partial charge on any atom is 0.123 e. The van der Waals surface area contributed by atoms with Crippen molar-refractivity contribution in [3.8, 4) is 0 Å². The molecular weight excluding hydrogens is 236 g/mol. The van der Waals surface area contributed by atoms with E-state index in [0.717, 1.165) is 30.8 Å². The molecule has 0 aromatic heterocycles. The third-order valence-electron chi connectivity index (χ3n) is 3.34. The molecule has 0 spiro atoms. The smallest absolute Gasteiger partial charge is 0.123 e. The van der Waals surface area contributed by atoms with E-state index in [4.69, 9.17) is 11.1 Å². The topological polar surface area (TPSA) is 56.4 Å². The fourth-order valence-electron chi connectivity index (χ4n) is 2.36. The lowest BCUT2D eigenvalue weighted by molar-refractivity contribution is 0.174. The minimum absolute atomic E-state index is 0.145. The molecule has 0 fully saturated rings. The molecule has 0 aliphatic rings. The fourth-order valence-corrected chi connectivity index (χ4v) is 2.36. The number of nitrogens with two attached hydrogens (primary N) is 1. The molecule has 4 heteroatoms. The zero-order valence-electron chi connectivity index (χ0n) is 12.5. The average molecular weight is 262 g/mol. The fraction of sp³-hybridized carbons (Fsp3) is 0.533. The van der Waals surface area contributed by atoms with Gasteiger partial charge in [0, 0.05) is 24.7 Å². The van der Waals surface area contributed by atoms with Gasteiger partial charge in [0.25, 0.3) is 0 Å². The summed E-state index contributed by atoms with van der Waals surface area (Å²) >= 11 is 0. The molecule has 1 atom stereocenters. The van der Waals surface area contributed by atoms with E-state index in [-0.39, 0.29) is 5.84 Å². The highest BCUT2D eigenvalue weighted by molar-refractivity contribution is 5.96. The summed E-state index contributed by atoms with van der Waals surface area (Å²) in [6.45, 7) is 7.25. The zero-order chi connectivity index (χ0) is 14.4. The SMILES string of the molecule is CCN(Cc1ccccc1C(=N)N)C(C)CN(C)C. The minimum Gasteiger partial charge on any atom is -0.384 e. The Morgan fingerprint density at radius 2 is 1.95 bits per heavy atom. The maximum absolute atomic E-state index is 7.65. The van der Waals surface area contributed by atoms with Crippen LogP contribution in [0.1, 0.15) is 25.0 Å². The van der Waals surface area contributed by atoms with E-state index in [2.05, 4.69) is 43.8 Å². The Balaban J connectivity index is 2.84. The number of hydrogen-bond donors (Lipinski definition) is 2. The number of hydrogen-bond acceptors (Lipinski definition) is 3. The molecule has 19 heavy (non-hydrogen) atoms. The molecule has 1 aromatic rings. The van der Waals surface area contributed by atoms with Crippen molar-refractivity contribution in [2.45, 2.75) is 26.4 Å². The molecular formula is C15H26N4. The molecule has 0 bridgehead atoms. The molecule has 1 aromatic carbocycles. The quantitative estimate of drug-likeness (QED) is 0.581. The van der Waals surface area contributed by atoms with Crippen molar-refractivity contribution >= 4 is 5.84 Å². The lowest BCUT2D eigenvalue weighted by Gasteiger charge is -2.30. The van der Waals surface area contributed by atoms with Gasteiger partial charge in [0.05, 0.1) is 0 Å². The standard InChI is InChI=1S/C15H26N4/c1-5-19(12(2)10-18(3)4)11-13-8-6-7-9-14(13)15(16)17/h6-9,12H,5,10-11H2,1-4H3,(H3,16,17). The van der Waals surface area contributed by atoms with E-state index in [9.17, 15) is 0 Å². The molecule has 106 valence electrons. The van der Waals surface area contributed by atoms with Crippen LogP contribution < -0.4 is 5.73 Å². The minimum atomic E-state index is 0.145. The number of rotatable bonds is 7. The van der Waals surface area contributed by atoms with Crippen LogP contribution in [0.15, 0.2) is 24.3 Å². The Hall–Kier alpha value is -1.39. The molecule has 0 heterocycles. The van der Waals surface area contributed by atoms with Gasteiger partial charge in [-0.15, -0.1) is 0 Å². The monoisotopic (exact) mass is 262 g/mol. The van der Waals surface area contributed by atoms with Crippen molar-refractivity contribution in [1.82, 2.24) is 9.80 Å². The summed E-state index contributed by atoms with van der Waals surface area (Å²) in [5.41, 5.74) is 7.62. The van der Waals surface area contributed by atoms with Gasteiger partial charge in [0.1, 0.15) is 5.84 Å². The summed E-state index contributed by atoms with van der Waals surface area (Å²) in [5.74, 6) is 0.145. The first kappa shape index (κ1) is 15.7. The van der Waals surface area contributed by atoms with Gasteiger partial charge in [-0.1, -0.05) is 31.2 Å². The van der Waals surface area contributed by atoms with E-state index in [0.29, 0.717) is 6.04 Å². The summed E-state index contributed by atoms with van der Waals surface area (Å²) in [4.78, 5) is 4.60. The van der Waals surface area contributed by atoms with E-state index in [1.165, 1.54) is 0 Å². The second-order valence-corrected chi connectivity index (χ2v) is 5.25. The van der Waals surface area contributed by atoms with E-state index >= 15 is 0 Å². The summed E-state index contributed by atoms with van der Waals surface area (Å²) in [6.07, 6.45) is 0. The summed E-state index contributed by atoms with van der Waals surface area (Å²) in [7, 11) is 4.18. The van der Waals surface area contributed by atoms with E-state index in [1.54, 1.807) is 0 Å². The molecule has 0 amide bonds. The summed E-state index contributed by atoms with van der Waals surface area (Å²) in [6, 6.07) is 8.38. The molecule has 1 rings (SSSR count). The van der Waals surface area contributed by atoms with Crippen LogP contribution in [0.4, 0.5) is 0 Å². The Morgan fingerprint density at radius 3 is 2.47 bits per heavy atom. The van der Waals surface area contributed by atoms with Crippen molar-refractivity contribution in [2.75, 3.05) is 27.2 Å². The summed E-state index contributed by atoms with van der Waals surface area (Å²) in [5, 5.41) is 7.65. The zero-order valence-corrected chi connectivity index (χ0v) is 12.5. The van der Waals surface area contributed by atoms with Gasteiger partial charge in [-0.05, 0) is 33.1 Å². The maximum atomic E-state index is 7.65. The summed E-state index contributed by atoms with van der Waals surface area (Å²) < 4.78 is 0. The second kappa shape index (κ2) is 7.26. The number of likely N-dealkylation sites (N-methyl/N-ethyl adjacent to an activating group) is 2. The van der Waals surface area contributed by atoms with Crippen LogP contribution in [0.2, 0.25) is 0 Å².